The fourth-order valence-corrected chi connectivity index (χ4v) is 4.11. The summed E-state index contributed by atoms with van der Waals surface area (Å²) in [5.74, 6) is -0.946. The summed E-state index contributed by atoms with van der Waals surface area (Å²) >= 11 is 1.66. The van der Waals surface area contributed by atoms with E-state index in [0.29, 0.717) is 12.3 Å². The molecule has 4 heteroatoms. The van der Waals surface area contributed by atoms with Crippen molar-refractivity contribution in [2.24, 2.45) is 17.8 Å². The summed E-state index contributed by atoms with van der Waals surface area (Å²) in [7, 11) is 0. The summed E-state index contributed by atoms with van der Waals surface area (Å²) in [6.45, 7) is 6.07. The van der Waals surface area contributed by atoms with E-state index >= 15 is 0 Å². The van der Waals surface area contributed by atoms with Gasteiger partial charge in [0, 0.05) is 15.7 Å². The molecule has 100 valence electrons. The Balaban J connectivity index is 2.24. The van der Waals surface area contributed by atoms with Crippen molar-refractivity contribution < 1.29 is 15.0 Å². The van der Waals surface area contributed by atoms with Gasteiger partial charge in [-0.15, -0.1) is 11.3 Å². The van der Waals surface area contributed by atoms with Crippen LogP contribution >= 0.6 is 11.3 Å². The average molecular weight is 268 g/mol. The Morgan fingerprint density at radius 1 is 1.44 bits per heavy atom. The third-order valence-corrected chi connectivity index (χ3v) is 4.95. The number of carboxylic acids is 1. The number of carbonyl (C=O) groups is 1. The Hall–Kier alpha value is -0.870. The van der Waals surface area contributed by atoms with Crippen LogP contribution in [0.3, 0.4) is 0 Å². The molecule has 0 aromatic carbocycles. The van der Waals surface area contributed by atoms with Crippen molar-refractivity contribution >= 4 is 17.3 Å². The van der Waals surface area contributed by atoms with Gasteiger partial charge < -0.3 is 10.2 Å². The van der Waals surface area contributed by atoms with Crippen molar-refractivity contribution in [3.8, 4) is 0 Å². The van der Waals surface area contributed by atoms with Crippen molar-refractivity contribution in [1.29, 1.82) is 0 Å². The van der Waals surface area contributed by atoms with E-state index in [1.54, 1.807) is 11.3 Å². The zero-order valence-electron chi connectivity index (χ0n) is 11.0. The summed E-state index contributed by atoms with van der Waals surface area (Å²) in [5, 5.41) is 19.8. The molecule has 0 radical (unpaired) electrons. The Morgan fingerprint density at radius 2 is 2.11 bits per heavy atom. The van der Waals surface area contributed by atoms with Gasteiger partial charge in [-0.3, -0.25) is 4.79 Å². The van der Waals surface area contributed by atoms with Crippen molar-refractivity contribution in [1.82, 2.24) is 0 Å². The van der Waals surface area contributed by atoms with Crippen molar-refractivity contribution in [2.75, 3.05) is 0 Å². The first-order valence-corrected chi connectivity index (χ1v) is 7.19. The third-order valence-electron chi connectivity index (χ3n) is 3.97. The van der Waals surface area contributed by atoms with E-state index in [0.717, 1.165) is 16.9 Å². The van der Waals surface area contributed by atoms with Gasteiger partial charge >= 0.3 is 5.97 Å². The number of hydrogen-bond donors (Lipinski definition) is 2. The molecule has 4 unspecified atom stereocenters. The van der Waals surface area contributed by atoms with E-state index in [2.05, 4.69) is 6.92 Å². The van der Waals surface area contributed by atoms with Gasteiger partial charge in [-0.2, -0.15) is 0 Å². The smallest absolute Gasteiger partial charge is 0.306 e. The van der Waals surface area contributed by atoms with Gasteiger partial charge in [0.25, 0.3) is 0 Å². The van der Waals surface area contributed by atoms with Crippen LogP contribution in [-0.4, -0.2) is 16.2 Å². The molecule has 0 spiro atoms. The number of aliphatic hydroxyl groups is 1. The van der Waals surface area contributed by atoms with Crippen LogP contribution in [0.1, 0.15) is 41.2 Å². The summed E-state index contributed by atoms with van der Waals surface area (Å²) in [6.07, 6.45) is 0.840. The molecule has 4 atom stereocenters. The Labute approximate surface area is 111 Å². The number of hydrogen-bond acceptors (Lipinski definition) is 3. The highest BCUT2D eigenvalue weighted by molar-refractivity contribution is 7.12. The maximum atomic E-state index is 11.3. The van der Waals surface area contributed by atoms with Gasteiger partial charge in [-0.05, 0) is 44.2 Å². The van der Waals surface area contributed by atoms with E-state index in [1.165, 1.54) is 4.88 Å². The largest absolute Gasteiger partial charge is 0.481 e. The number of aliphatic carboxylic acids is 1. The molecule has 2 N–H and O–H groups in total. The van der Waals surface area contributed by atoms with Gasteiger partial charge in [-0.1, -0.05) is 6.92 Å². The lowest BCUT2D eigenvalue weighted by atomic mass is 9.87. The zero-order chi connectivity index (χ0) is 13.4. The minimum atomic E-state index is -0.770. The SMILES string of the molecule is Cc1cc(C(O)C2CC(C)CC2C(=O)O)c(C)s1. The quantitative estimate of drug-likeness (QED) is 0.885. The second-order valence-corrected chi connectivity index (χ2v) is 6.96. The van der Waals surface area contributed by atoms with Crippen LogP contribution in [0.2, 0.25) is 0 Å². The molecule has 1 fully saturated rings. The van der Waals surface area contributed by atoms with Crippen LogP contribution in [0, 0.1) is 31.6 Å². The van der Waals surface area contributed by atoms with E-state index in [1.807, 2.05) is 19.9 Å². The number of rotatable bonds is 3. The Kier molecular flexibility index (Phi) is 3.78. The second-order valence-electron chi connectivity index (χ2n) is 5.50. The van der Waals surface area contributed by atoms with E-state index < -0.39 is 18.0 Å². The maximum absolute atomic E-state index is 11.3. The van der Waals surface area contributed by atoms with Crippen molar-refractivity contribution in [2.45, 2.75) is 39.7 Å². The molecule has 2 rings (SSSR count). The molecule has 0 saturated heterocycles. The predicted molar refractivity (Wildman–Crippen MR) is 71.8 cm³/mol. The molecule has 1 aliphatic carbocycles. The topological polar surface area (TPSA) is 57.5 Å². The Bertz CT molecular complexity index is 452. The molecule has 1 aliphatic rings. The fourth-order valence-electron chi connectivity index (χ4n) is 3.14. The molecule has 18 heavy (non-hydrogen) atoms. The van der Waals surface area contributed by atoms with Gasteiger partial charge in [0.1, 0.15) is 0 Å². The molecule has 3 nitrogen and oxygen atoms in total. The minimum Gasteiger partial charge on any atom is -0.481 e. The summed E-state index contributed by atoms with van der Waals surface area (Å²) < 4.78 is 0. The van der Waals surface area contributed by atoms with Crippen LogP contribution < -0.4 is 0 Å². The summed E-state index contributed by atoms with van der Waals surface area (Å²) in [6, 6.07) is 1.99. The highest BCUT2D eigenvalue weighted by Gasteiger charge is 2.41. The first-order valence-electron chi connectivity index (χ1n) is 6.38. The molecule has 1 saturated carbocycles. The summed E-state index contributed by atoms with van der Waals surface area (Å²) in [4.78, 5) is 13.5. The lowest BCUT2D eigenvalue weighted by Crippen LogP contribution is -2.23. The van der Waals surface area contributed by atoms with Gasteiger partial charge in [0.15, 0.2) is 0 Å². The van der Waals surface area contributed by atoms with Gasteiger partial charge in [0.2, 0.25) is 0 Å². The number of carboxylic acid groups (broad SMARTS) is 1. The average Bonchev–Trinajstić information content (AvgIpc) is 2.81. The third kappa shape index (κ3) is 2.45. The van der Waals surface area contributed by atoms with Gasteiger partial charge in [-0.25, -0.2) is 0 Å². The van der Waals surface area contributed by atoms with Crippen molar-refractivity contribution in [3.05, 3.63) is 21.4 Å². The first kappa shape index (κ1) is 13.6. The fraction of sp³-hybridized carbons (Fsp3) is 0.643. The lowest BCUT2D eigenvalue weighted by Gasteiger charge is -2.22. The minimum absolute atomic E-state index is 0.148. The lowest BCUT2D eigenvalue weighted by molar-refractivity contribution is -0.144. The molecule has 0 amide bonds. The monoisotopic (exact) mass is 268 g/mol. The van der Waals surface area contributed by atoms with E-state index in [-0.39, 0.29) is 5.92 Å². The number of aliphatic hydroxyl groups excluding tert-OH is 1. The second kappa shape index (κ2) is 5.02. The van der Waals surface area contributed by atoms with Crippen LogP contribution in [0.25, 0.3) is 0 Å². The van der Waals surface area contributed by atoms with Crippen LogP contribution in [0.15, 0.2) is 6.07 Å². The maximum Gasteiger partial charge on any atom is 0.306 e. The molecular weight excluding hydrogens is 248 g/mol. The zero-order valence-corrected chi connectivity index (χ0v) is 11.8. The number of thiophene rings is 1. The predicted octanol–water partition coefficient (Wildman–Crippen LogP) is 3.15. The first-order chi connectivity index (χ1) is 8.40. The Morgan fingerprint density at radius 3 is 2.61 bits per heavy atom. The van der Waals surface area contributed by atoms with E-state index in [9.17, 15) is 15.0 Å². The molecule has 0 aliphatic heterocycles. The normalized spacial score (nSPS) is 29.4. The summed E-state index contributed by atoms with van der Waals surface area (Å²) in [5.41, 5.74) is 0.919. The van der Waals surface area contributed by atoms with Crippen LogP contribution in [0.5, 0.6) is 0 Å². The molecule has 1 heterocycles. The standard InChI is InChI=1S/C14H20O3S/c1-7-4-11(12(5-7)14(16)17)13(15)10-6-8(2)18-9(10)3/h6-7,11-13,15H,4-5H2,1-3H3,(H,16,17). The van der Waals surface area contributed by atoms with E-state index in [4.69, 9.17) is 0 Å². The highest BCUT2D eigenvalue weighted by atomic mass is 32.1. The molecular formula is C14H20O3S. The van der Waals surface area contributed by atoms with Crippen LogP contribution in [0.4, 0.5) is 0 Å². The van der Waals surface area contributed by atoms with Gasteiger partial charge in [0.05, 0.1) is 12.0 Å². The van der Waals surface area contributed by atoms with Crippen molar-refractivity contribution in [3.63, 3.8) is 0 Å². The molecule has 0 bridgehead atoms. The van der Waals surface area contributed by atoms with Crippen LogP contribution in [-0.2, 0) is 4.79 Å². The molecule has 1 aromatic rings. The molecule has 1 aromatic heterocycles. The number of aryl methyl sites for hydroxylation is 2. The highest BCUT2D eigenvalue weighted by Crippen LogP contribution is 2.45.